The van der Waals surface area contributed by atoms with Gasteiger partial charge in [-0.15, -0.1) is 0 Å². The van der Waals surface area contributed by atoms with E-state index in [9.17, 15) is 9.90 Å². The maximum atomic E-state index is 12.4. The molecule has 8 heteroatoms. The summed E-state index contributed by atoms with van der Waals surface area (Å²) in [7, 11) is 0. The SMILES string of the molecule is Cc1cc([C@](C)(O)C#Cc2ccc3c(c2)-c2nc(C(N)=O)c(CC4(C)COC4)n2C2CC3C2)no1. The van der Waals surface area contributed by atoms with Crippen LogP contribution < -0.4 is 5.73 Å². The van der Waals surface area contributed by atoms with Crippen LogP contribution in [0.1, 0.15) is 77.4 Å². The van der Waals surface area contributed by atoms with Gasteiger partial charge >= 0.3 is 0 Å². The first-order valence-corrected chi connectivity index (χ1v) is 12.0. The lowest BCUT2D eigenvalue weighted by Gasteiger charge is -2.40. The summed E-state index contributed by atoms with van der Waals surface area (Å²) >= 11 is 0. The Morgan fingerprint density at radius 2 is 2.11 bits per heavy atom. The van der Waals surface area contributed by atoms with Crippen molar-refractivity contribution in [1.29, 1.82) is 0 Å². The van der Waals surface area contributed by atoms with Gasteiger partial charge in [-0.1, -0.05) is 30.0 Å². The van der Waals surface area contributed by atoms with Gasteiger partial charge in [0, 0.05) is 28.7 Å². The average molecular weight is 473 g/mol. The largest absolute Gasteiger partial charge is 0.380 e. The summed E-state index contributed by atoms with van der Waals surface area (Å²) in [6.45, 7) is 6.87. The highest BCUT2D eigenvalue weighted by Gasteiger charge is 2.43. The number of aliphatic hydroxyl groups is 1. The van der Waals surface area contributed by atoms with E-state index in [4.69, 9.17) is 20.0 Å². The number of aromatic nitrogens is 3. The van der Waals surface area contributed by atoms with E-state index in [2.05, 4.69) is 34.6 Å². The lowest BCUT2D eigenvalue weighted by atomic mass is 9.75. The van der Waals surface area contributed by atoms with Crippen molar-refractivity contribution < 1.29 is 19.2 Å². The molecule has 1 aromatic carbocycles. The van der Waals surface area contributed by atoms with Crippen LogP contribution in [0.2, 0.25) is 0 Å². The van der Waals surface area contributed by atoms with Crippen LogP contribution in [-0.4, -0.2) is 38.9 Å². The molecule has 3 N–H and O–H groups in total. The van der Waals surface area contributed by atoms with Crippen LogP contribution >= 0.6 is 0 Å². The van der Waals surface area contributed by atoms with Crippen LogP contribution in [0.5, 0.6) is 0 Å². The van der Waals surface area contributed by atoms with Gasteiger partial charge in [-0.2, -0.15) is 0 Å². The predicted octanol–water partition coefficient (Wildman–Crippen LogP) is 3.22. The van der Waals surface area contributed by atoms with Crippen molar-refractivity contribution >= 4 is 5.91 Å². The monoisotopic (exact) mass is 472 g/mol. The number of aryl methyl sites for hydroxylation is 1. The van der Waals surface area contributed by atoms with Gasteiger partial charge in [-0.25, -0.2) is 4.98 Å². The molecule has 4 aliphatic rings. The summed E-state index contributed by atoms with van der Waals surface area (Å²) in [6, 6.07) is 8.06. The zero-order valence-electron chi connectivity index (χ0n) is 20.1. The molecule has 7 rings (SSSR count). The summed E-state index contributed by atoms with van der Waals surface area (Å²) in [4.78, 5) is 17.2. The Balaban J connectivity index is 1.44. The molecule has 3 aromatic rings. The van der Waals surface area contributed by atoms with E-state index in [1.54, 1.807) is 19.9 Å². The Morgan fingerprint density at radius 3 is 2.74 bits per heavy atom. The molecule has 8 nitrogen and oxygen atoms in total. The third-order valence-corrected chi connectivity index (χ3v) is 7.53. The molecule has 1 aliphatic carbocycles. The van der Waals surface area contributed by atoms with Crippen molar-refractivity contribution in [2.75, 3.05) is 13.2 Å². The molecule has 35 heavy (non-hydrogen) atoms. The molecule has 2 bridgehead atoms. The lowest BCUT2D eigenvalue weighted by Crippen LogP contribution is -2.42. The topological polar surface area (TPSA) is 116 Å². The Labute approximate surface area is 203 Å². The van der Waals surface area contributed by atoms with Gasteiger partial charge in [-0.05, 0) is 56.7 Å². The quantitative estimate of drug-likeness (QED) is 0.563. The van der Waals surface area contributed by atoms with Gasteiger partial charge < -0.3 is 24.7 Å². The van der Waals surface area contributed by atoms with Crippen LogP contribution in [0.25, 0.3) is 11.4 Å². The van der Waals surface area contributed by atoms with E-state index in [1.807, 2.05) is 12.1 Å². The fourth-order valence-corrected chi connectivity index (χ4v) is 5.46. The number of ether oxygens (including phenoxy) is 1. The van der Waals surface area contributed by atoms with Crippen LogP contribution in [0.3, 0.4) is 0 Å². The number of amides is 1. The summed E-state index contributed by atoms with van der Waals surface area (Å²) in [5.74, 6) is 7.36. The Bertz CT molecular complexity index is 1410. The van der Waals surface area contributed by atoms with Crippen LogP contribution in [0.15, 0.2) is 28.8 Å². The number of carbonyl (C=O) groups excluding carboxylic acids is 1. The van der Waals surface area contributed by atoms with Crippen molar-refractivity contribution in [2.24, 2.45) is 11.1 Å². The van der Waals surface area contributed by atoms with E-state index >= 15 is 0 Å². The minimum Gasteiger partial charge on any atom is -0.380 e. The van der Waals surface area contributed by atoms with Crippen LogP contribution in [0.4, 0.5) is 0 Å². The summed E-state index contributed by atoms with van der Waals surface area (Å²) < 4.78 is 12.8. The van der Waals surface area contributed by atoms with E-state index in [0.29, 0.717) is 48.7 Å². The first-order valence-electron chi connectivity index (χ1n) is 12.0. The predicted molar refractivity (Wildman–Crippen MR) is 128 cm³/mol. The zero-order valence-corrected chi connectivity index (χ0v) is 20.1. The molecule has 5 heterocycles. The van der Waals surface area contributed by atoms with E-state index in [1.165, 1.54) is 5.56 Å². The molecular formula is C27H28N4O4. The zero-order chi connectivity index (χ0) is 24.5. The van der Waals surface area contributed by atoms with Crippen molar-refractivity contribution in [1.82, 2.24) is 14.7 Å². The molecular weight excluding hydrogens is 444 g/mol. The highest BCUT2D eigenvalue weighted by molar-refractivity contribution is 5.93. The number of benzene rings is 1. The van der Waals surface area contributed by atoms with Gasteiger partial charge in [0.15, 0.2) is 5.60 Å². The molecule has 0 unspecified atom stereocenters. The maximum Gasteiger partial charge on any atom is 0.269 e. The number of hydrogen-bond donors (Lipinski definition) is 2. The molecule has 0 radical (unpaired) electrons. The third kappa shape index (κ3) is 3.58. The average Bonchev–Trinajstić information content (AvgIpc) is 3.29. The number of carbonyl (C=O) groups is 1. The number of nitrogens with two attached hydrogens (primary N) is 1. The van der Waals surface area contributed by atoms with Gasteiger partial charge in [-0.3, -0.25) is 4.79 Å². The molecule has 1 saturated heterocycles. The van der Waals surface area contributed by atoms with Gasteiger partial charge in [0.05, 0.1) is 18.9 Å². The van der Waals surface area contributed by atoms with E-state index in [-0.39, 0.29) is 5.41 Å². The summed E-state index contributed by atoms with van der Waals surface area (Å²) in [5.41, 5.74) is 8.91. The standard InChI is InChI=1S/C27H28N4O4/c1-15-8-22(30-35-15)27(3,33)7-6-16-4-5-19-17-10-18(11-17)31-21(12-26(2)13-34-14-26)23(24(28)32)29-25(31)20(19)9-16/h4-5,8-9,17-18,33H,10-14H2,1-3H3,(H2,28,32)/t17?,18?,27-/m1/s1. The number of imidazole rings is 1. The number of hydrogen-bond acceptors (Lipinski definition) is 6. The molecule has 1 atom stereocenters. The van der Waals surface area contributed by atoms with Crippen molar-refractivity contribution in [3.8, 4) is 23.2 Å². The van der Waals surface area contributed by atoms with Crippen molar-refractivity contribution in [3.05, 3.63) is 58.2 Å². The first kappa shape index (κ1) is 22.1. The minimum atomic E-state index is -1.45. The third-order valence-electron chi connectivity index (χ3n) is 7.53. The number of primary amides is 1. The smallest absolute Gasteiger partial charge is 0.269 e. The van der Waals surface area contributed by atoms with Gasteiger partial charge in [0.1, 0.15) is 23.0 Å². The van der Waals surface area contributed by atoms with Crippen LogP contribution in [0, 0.1) is 24.2 Å². The minimum absolute atomic E-state index is 0.0162. The second kappa shape index (κ2) is 7.54. The van der Waals surface area contributed by atoms with Gasteiger partial charge in [0.2, 0.25) is 0 Å². The number of nitrogens with zero attached hydrogens (tertiary/aromatic N) is 3. The highest BCUT2D eigenvalue weighted by Crippen LogP contribution is 2.53. The molecule has 2 fully saturated rings. The second-order valence-electron chi connectivity index (χ2n) is 10.7. The van der Waals surface area contributed by atoms with E-state index < -0.39 is 11.5 Å². The highest BCUT2D eigenvalue weighted by atomic mass is 16.5. The Hall–Kier alpha value is -3.41. The van der Waals surface area contributed by atoms with Crippen molar-refractivity contribution in [3.63, 3.8) is 0 Å². The molecule has 3 aliphatic heterocycles. The molecule has 0 spiro atoms. The lowest BCUT2D eigenvalue weighted by molar-refractivity contribution is -0.101. The molecule has 180 valence electrons. The van der Waals surface area contributed by atoms with Crippen molar-refractivity contribution in [2.45, 2.75) is 57.6 Å². The Morgan fingerprint density at radius 1 is 1.34 bits per heavy atom. The second-order valence-corrected chi connectivity index (χ2v) is 10.7. The normalized spacial score (nSPS) is 22.9. The fourth-order valence-electron chi connectivity index (χ4n) is 5.46. The molecule has 2 aromatic heterocycles. The molecule has 1 amide bonds. The van der Waals surface area contributed by atoms with Crippen LogP contribution in [-0.2, 0) is 16.8 Å². The molecule has 1 saturated carbocycles. The Kier molecular flexibility index (Phi) is 4.76. The summed E-state index contributed by atoms with van der Waals surface area (Å²) in [5, 5.41) is 14.7. The number of rotatable bonds is 4. The fraction of sp³-hybridized carbons (Fsp3) is 0.444. The van der Waals surface area contributed by atoms with Gasteiger partial charge in [0.25, 0.3) is 5.91 Å². The summed E-state index contributed by atoms with van der Waals surface area (Å²) in [6.07, 6.45) is 2.73. The van der Waals surface area contributed by atoms with E-state index in [0.717, 1.165) is 35.5 Å². The first-order chi connectivity index (χ1) is 16.6. The maximum absolute atomic E-state index is 12.4.